The van der Waals surface area contributed by atoms with E-state index in [0.29, 0.717) is 16.7 Å². The van der Waals surface area contributed by atoms with E-state index in [0.717, 1.165) is 17.3 Å². The van der Waals surface area contributed by atoms with Gasteiger partial charge in [0.05, 0.1) is 18.6 Å². The molecule has 2 heterocycles. The maximum Gasteiger partial charge on any atom is 0.321 e. The number of aromatic amines is 1. The number of hydrogen-bond acceptors (Lipinski definition) is 6. The summed E-state index contributed by atoms with van der Waals surface area (Å²) in [5, 5.41) is 12.0. The lowest BCUT2D eigenvalue weighted by atomic mass is 10.2. The van der Waals surface area contributed by atoms with Crippen LogP contribution in [0.1, 0.15) is 17.1 Å². The van der Waals surface area contributed by atoms with Crippen LogP contribution >= 0.6 is 11.8 Å². The van der Waals surface area contributed by atoms with Crippen LogP contribution in [0.5, 0.6) is 0 Å². The number of nitrogens with zero attached hydrogens (tertiary/aromatic N) is 2. The minimum Gasteiger partial charge on any atom is -0.467 e. The molecule has 138 valence electrons. The second-order valence-corrected chi connectivity index (χ2v) is 6.29. The summed E-state index contributed by atoms with van der Waals surface area (Å²) >= 11 is 1.13. The molecule has 0 bridgehead atoms. The zero-order chi connectivity index (χ0) is 18.9. The van der Waals surface area contributed by atoms with Crippen LogP contribution in [0.2, 0.25) is 0 Å². The summed E-state index contributed by atoms with van der Waals surface area (Å²) in [7, 11) is 0. The van der Waals surface area contributed by atoms with Gasteiger partial charge in [-0.1, -0.05) is 48.2 Å². The fourth-order valence-electron chi connectivity index (χ4n) is 2.05. The number of nitrogens with one attached hydrogen (secondary N) is 3. The number of benzene rings is 1. The molecule has 3 amide bonds. The van der Waals surface area contributed by atoms with Gasteiger partial charge in [-0.2, -0.15) is 0 Å². The highest BCUT2D eigenvalue weighted by Crippen LogP contribution is 2.13. The number of H-pyrrole nitrogens is 1. The van der Waals surface area contributed by atoms with E-state index in [1.807, 2.05) is 36.4 Å². The van der Waals surface area contributed by atoms with Crippen LogP contribution in [-0.4, -0.2) is 32.9 Å². The Bertz CT molecular complexity index is 906. The summed E-state index contributed by atoms with van der Waals surface area (Å²) in [6.07, 6.45) is 5.22. The molecular formula is C18H17N5O3S. The average molecular weight is 383 g/mol. The van der Waals surface area contributed by atoms with Crippen molar-refractivity contribution in [1.29, 1.82) is 0 Å². The van der Waals surface area contributed by atoms with Crippen molar-refractivity contribution in [3.8, 4) is 0 Å². The molecule has 2 aromatic heterocycles. The molecule has 0 radical (unpaired) electrons. The summed E-state index contributed by atoms with van der Waals surface area (Å²) < 4.78 is 5.09. The van der Waals surface area contributed by atoms with Gasteiger partial charge in [-0.3, -0.25) is 15.2 Å². The third-order valence-electron chi connectivity index (χ3n) is 3.30. The Morgan fingerprint density at radius 3 is 2.78 bits per heavy atom. The van der Waals surface area contributed by atoms with Gasteiger partial charge in [-0.05, 0) is 23.8 Å². The molecule has 1 aromatic carbocycles. The van der Waals surface area contributed by atoms with E-state index in [4.69, 9.17) is 4.42 Å². The maximum atomic E-state index is 11.8. The number of furan rings is 1. The highest BCUT2D eigenvalue weighted by atomic mass is 32.2. The fourth-order valence-corrected chi connectivity index (χ4v) is 2.66. The van der Waals surface area contributed by atoms with Gasteiger partial charge in [0.2, 0.25) is 11.1 Å². The number of thioether (sulfide) groups is 1. The van der Waals surface area contributed by atoms with Gasteiger partial charge in [0.1, 0.15) is 11.6 Å². The number of amides is 3. The summed E-state index contributed by atoms with van der Waals surface area (Å²) in [6, 6.07) is 12.7. The molecule has 0 saturated heterocycles. The minimum absolute atomic E-state index is 0.0217. The van der Waals surface area contributed by atoms with E-state index in [9.17, 15) is 9.59 Å². The molecular weight excluding hydrogens is 366 g/mol. The largest absolute Gasteiger partial charge is 0.467 e. The van der Waals surface area contributed by atoms with Crippen molar-refractivity contribution in [1.82, 2.24) is 25.8 Å². The van der Waals surface area contributed by atoms with Gasteiger partial charge in [0.25, 0.3) is 0 Å². The standard InChI is InChI=1S/C18H17N5O3S/c24-16(21-17(25)19-11-14-7-4-10-26-14)12-27-18-20-15(22-23-18)9-8-13-5-2-1-3-6-13/h1-10H,11-12H2,(H,20,22,23)(H2,19,21,24,25)/b9-8+. The first-order valence-electron chi connectivity index (χ1n) is 8.07. The van der Waals surface area contributed by atoms with Gasteiger partial charge in [-0.15, -0.1) is 5.10 Å². The molecule has 0 saturated carbocycles. The van der Waals surface area contributed by atoms with E-state index in [1.54, 1.807) is 18.2 Å². The number of carbonyl (C=O) groups excluding carboxylic acids is 2. The van der Waals surface area contributed by atoms with Crippen LogP contribution in [0, 0.1) is 0 Å². The molecule has 0 fully saturated rings. The van der Waals surface area contributed by atoms with E-state index < -0.39 is 11.9 Å². The number of hydrogen-bond donors (Lipinski definition) is 3. The van der Waals surface area contributed by atoms with E-state index in [1.165, 1.54) is 6.26 Å². The van der Waals surface area contributed by atoms with Crippen LogP contribution < -0.4 is 10.6 Å². The molecule has 0 aliphatic rings. The van der Waals surface area contributed by atoms with Crippen molar-refractivity contribution in [3.63, 3.8) is 0 Å². The molecule has 8 nitrogen and oxygen atoms in total. The molecule has 0 spiro atoms. The SMILES string of the molecule is O=C(CSc1n[nH]c(/C=C/c2ccccc2)n1)NC(=O)NCc1ccco1. The predicted molar refractivity (Wildman–Crippen MR) is 102 cm³/mol. The second kappa shape index (κ2) is 9.39. The van der Waals surface area contributed by atoms with Crippen molar-refractivity contribution in [2.45, 2.75) is 11.7 Å². The Hall–Kier alpha value is -3.33. The minimum atomic E-state index is -0.585. The highest BCUT2D eigenvalue weighted by Gasteiger charge is 2.10. The van der Waals surface area contributed by atoms with Crippen molar-refractivity contribution in [2.75, 3.05) is 5.75 Å². The Labute approximate surface area is 159 Å². The summed E-state index contributed by atoms with van der Waals surface area (Å²) in [4.78, 5) is 27.7. The first-order chi connectivity index (χ1) is 13.2. The van der Waals surface area contributed by atoms with Gasteiger partial charge in [-0.25, -0.2) is 9.78 Å². The first kappa shape index (κ1) is 18.5. The molecule has 0 unspecified atom stereocenters. The Morgan fingerprint density at radius 2 is 2.00 bits per heavy atom. The first-order valence-corrected chi connectivity index (χ1v) is 9.06. The lowest BCUT2D eigenvalue weighted by molar-refractivity contribution is -0.117. The summed E-state index contributed by atoms with van der Waals surface area (Å²) in [5.41, 5.74) is 1.04. The maximum absolute atomic E-state index is 11.8. The Balaban J connectivity index is 1.40. The third-order valence-corrected chi connectivity index (χ3v) is 4.15. The third kappa shape index (κ3) is 6.15. The van der Waals surface area contributed by atoms with Crippen molar-refractivity contribution < 1.29 is 14.0 Å². The molecule has 3 aromatic rings. The Kier molecular flexibility index (Phi) is 6.42. The van der Waals surface area contributed by atoms with Crippen LogP contribution in [0.25, 0.3) is 12.2 Å². The van der Waals surface area contributed by atoms with Gasteiger partial charge >= 0.3 is 6.03 Å². The van der Waals surface area contributed by atoms with E-state index in [-0.39, 0.29) is 12.3 Å². The molecule has 0 aliphatic heterocycles. The second-order valence-electron chi connectivity index (χ2n) is 5.35. The zero-order valence-electron chi connectivity index (χ0n) is 14.2. The summed E-state index contributed by atoms with van der Waals surface area (Å²) in [5.74, 6) is 0.762. The van der Waals surface area contributed by atoms with Crippen molar-refractivity contribution >= 4 is 35.9 Å². The number of carbonyl (C=O) groups is 2. The molecule has 9 heteroatoms. The molecule has 3 N–H and O–H groups in total. The van der Waals surface area contributed by atoms with Crippen molar-refractivity contribution in [2.24, 2.45) is 0 Å². The number of aromatic nitrogens is 3. The normalized spacial score (nSPS) is 10.8. The van der Waals surface area contributed by atoms with Crippen LogP contribution in [0.3, 0.4) is 0 Å². The summed E-state index contributed by atoms with van der Waals surface area (Å²) in [6.45, 7) is 0.206. The van der Waals surface area contributed by atoms with Crippen LogP contribution in [-0.2, 0) is 11.3 Å². The van der Waals surface area contributed by atoms with Crippen LogP contribution in [0.4, 0.5) is 4.79 Å². The fraction of sp³-hybridized carbons (Fsp3) is 0.111. The number of rotatable bonds is 7. The van der Waals surface area contributed by atoms with Crippen molar-refractivity contribution in [3.05, 3.63) is 65.9 Å². The number of urea groups is 1. The predicted octanol–water partition coefficient (Wildman–Crippen LogP) is 2.69. The van der Waals surface area contributed by atoms with Crippen LogP contribution in [0.15, 0.2) is 58.3 Å². The highest BCUT2D eigenvalue weighted by molar-refractivity contribution is 7.99. The van der Waals surface area contributed by atoms with E-state index in [2.05, 4.69) is 25.8 Å². The quantitative estimate of drug-likeness (QED) is 0.541. The molecule has 0 atom stereocenters. The molecule has 27 heavy (non-hydrogen) atoms. The zero-order valence-corrected chi connectivity index (χ0v) is 15.0. The molecule has 0 aliphatic carbocycles. The Morgan fingerprint density at radius 1 is 1.15 bits per heavy atom. The van der Waals surface area contributed by atoms with Gasteiger partial charge < -0.3 is 9.73 Å². The lowest BCUT2D eigenvalue weighted by Gasteiger charge is -2.04. The topological polar surface area (TPSA) is 113 Å². The average Bonchev–Trinajstić information content (AvgIpc) is 3.36. The van der Waals surface area contributed by atoms with Gasteiger partial charge in [0.15, 0.2) is 0 Å². The van der Waals surface area contributed by atoms with E-state index >= 15 is 0 Å². The van der Waals surface area contributed by atoms with Gasteiger partial charge in [0, 0.05) is 0 Å². The molecule has 3 rings (SSSR count). The lowest BCUT2D eigenvalue weighted by Crippen LogP contribution is -2.39. The smallest absolute Gasteiger partial charge is 0.321 e. The monoisotopic (exact) mass is 383 g/mol. The number of imide groups is 1.